The van der Waals surface area contributed by atoms with Crippen molar-refractivity contribution < 1.29 is 5.11 Å². The fraction of sp³-hybridized carbons (Fsp3) is 0.167. The molecule has 3 N–H and O–H groups in total. The number of halogens is 1. The van der Waals surface area contributed by atoms with Crippen LogP contribution in [0.15, 0.2) is 30.5 Å². The summed E-state index contributed by atoms with van der Waals surface area (Å²) in [6.07, 6.45) is 1.53. The molecule has 1 aromatic carbocycles. The highest BCUT2D eigenvalue weighted by Gasteiger charge is 2.05. The molecule has 0 amide bonds. The SMILES string of the molecule is CNc1ncc(Cl)c(Nc2cccc(CO)c2)n1. The van der Waals surface area contributed by atoms with E-state index < -0.39 is 0 Å². The van der Waals surface area contributed by atoms with Gasteiger partial charge in [0.15, 0.2) is 5.82 Å². The van der Waals surface area contributed by atoms with Crippen LogP contribution in [0, 0.1) is 0 Å². The zero-order chi connectivity index (χ0) is 13.0. The van der Waals surface area contributed by atoms with E-state index in [2.05, 4.69) is 20.6 Å². The average Bonchev–Trinajstić information content (AvgIpc) is 2.41. The molecule has 1 heterocycles. The quantitative estimate of drug-likeness (QED) is 0.791. The number of aliphatic hydroxyl groups excluding tert-OH is 1. The van der Waals surface area contributed by atoms with Crippen LogP contribution in [0.25, 0.3) is 0 Å². The largest absolute Gasteiger partial charge is 0.392 e. The Morgan fingerprint density at radius 1 is 1.39 bits per heavy atom. The molecule has 0 bridgehead atoms. The van der Waals surface area contributed by atoms with Crippen LogP contribution in [0.3, 0.4) is 0 Å². The number of nitrogens with zero attached hydrogens (tertiary/aromatic N) is 2. The topological polar surface area (TPSA) is 70.1 Å². The normalized spacial score (nSPS) is 10.2. The van der Waals surface area contributed by atoms with Crippen molar-refractivity contribution in [2.45, 2.75) is 6.61 Å². The van der Waals surface area contributed by atoms with Gasteiger partial charge in [-0.1, -0.05) is 23.7 Å². The summed E-state index contributed by atoms with van der Waals surface area (Å²) in [6, 6.07) is 7.39. The van der Waals surface area contributed by atoms with Crippen LogP contribution in [0.4, 0.5) is 17.5 Å². The lowest BCUT2D eigenvalue weighted by Crippen LogP contribution is -2.01. The summed E-state index contributed by atoms with van der Waals surface area (Å²) in [7, 11) is 1.74. The number of anilines is 3. The lowest BCUT2D eigenvalue weighted by Gasteiger charge is -2.09. The van der Waals surface area contributed by atoms with Crippen molar-refractivity contribution in [1.29, 1.82) is 0 Å². The molecule has 18 heavy (non-hydrogen) atoms. The van der Waals surface area contributed by atoms with Crippen LogP contribution in [-0.4, -0.2) is 22.1 Å². The standard InChI is InChI=1S/C12H13ClN4O/c1-14-12-15-6-10(13)11(17-12)16-9-4-2-3-8(5-9)7-18/h2-6,18H,7H2,1H3,(H2,14,15,16,17). The molecule has 5 nitrogen and oxygen atoms in total. The summed E-state index contributed by atoms with van der Waals surface area (Å²) < 4.78 is 0. The van der Waals surface area contributed by atoms with Crippen molar-refractivity contribution in [3.8, 4) is 0 Å². The van der Waals surface area contributed by atoms with E-state index in [0.717, 1.165) is 11.3 Å². The molecule has 2 rings (SSSR count). The van der Waals surface area contributed by atoms with Crippen molar-refractivity contribution >= 4 is 29.1 Å². The van der Waals surface area contributed by atoms with Gasteiger partial charge < -0.3 is 15.7 Å². The van der Waals surface area contributed by atoms with Crippen molar-refractivity contribution in [3.63, 3.8) is 0 Å². The second-order valence-corrected chi connectivity index (χ2v) is 4.03. The van der Waals surface area contributed by atoms with Gasteiger partial charge in [0.25, 0.3) is 0 Å². The van der Waals surface area contributed by atoms with E-state index in [0.29, 0.717) is 16.8 Å². The maximum Gasteiger partial charge on any atom is 0.224 e. The molecule has 0 saturated heterocycles. The van der Waals surface area contributed by atoms with E-state index in [1.807, 2.05) is 24.3 Å². The van der Waals surface area contributed by atoms with Gasteiger partial charge in [0.1, 0.15) is 5.02 Å². The number of rotatable bonds is 4. The van der Waals surface area contributed by atoms with Crippen LogP contribution in [0.5, 0.6) is 0 Å². The molecule has 0 aliphatic carbocycles. The Labute approximate surface area is 110 Å². The molecule has 0 atom stereocenters. The third-order valence-corrected chi connectivity index (χ3v) is 2.62. The first-order chi connectivity index (χ1) is 8.72. The summed E-state index contributed by atoms with van der Waals surface area (Å²) in [4.78, 5) is 8.21. The number of benzene rings is 1. The monoisotopic (exact) mass is 264 g/mol. The average molecular weight is 265 g/mol. The molecule has 0 aliphatic rings. The Morgan fingerprint density at radius 3 is 2.94 bits per heavy atom. The van der Waals surface area contributed by atoms with Gasteiger partial charge in [-0.15, -0.1) is 0 Å². The Balaban J connectivity index is 2.27. The van der Waals surface area contributed by atoms with Crippen LogP contribution in [0.1, 0.15) is 5.56 Å². The first-order valence-corrected chi connectivity index (χ1v) is 5.78. The lowest BCUT2D eigenvalue weighted by atomic mass is 10.2. The van der Waals surface area contributed by atoms with Gasteiger partial charge in [-0.2, -0.15) is 4.98 Å². The zero-order valence-electron chi connectivity index (χ0n) is 9.81. The second-order valence-electron chi connectivity index (χ2n) is 3.62. The molecule has 0 spiro atoms. The molecular formula is C12H13ClN4O. The Morgan fingerprint density at radius 2 is 2.22 bits per heavy atom. The minimum absolute atomic E-state index is 0.00517. The van der Waals surface area contributed by atoms with E-state index in [-0.39, 0.29) is 6.61 Å². The minimum atomic E-state index is -0.00517. The van der Waals surface area contributed by atoms with Crippen LogP contribution in [-0.2, 0) is 6.61 Å². The summed E-state index contributed by atoms with van der Waals surface area (Å²) in [5, 5.41) is 15.4. The predicted molar refractivity (Wildman–Crippen MR) is 72.2 cm³/mol. The predicted octanol–water partition coefficient (Wildman–Crippen LogP) is 2.41. The first-order valence-electron chi connectivity index (χ1n) is 5.40. The molecule has 0 fully saturated rings. The van der Waals surface area contributed by atoms with Gasteiger partial charge in [0.05, 0.1) is 12.8 Å². The Kier molecular flexibility index (Phi) is 3.96. The van der Waals surface area contributed by atoms with Gasteiger partial charge in [-0.3, -0.25) is 0 Å². The van der Waals surface area contributed by atoms with E-state index in [1.54, 1.807) is 7.05 Å². The minimum Gasteiger partial charge on any atom is -0.392 e. The number of aromatic nitrogens is 2. The lowest BCUT2D eigenvalue weighted by molar-refractivity contribution is 0.282. The van der Waals surface area contributed by atoms with E-state index in [1.165, 1.54) is 6.20 Å². The molecule has 0 radical (unpaired) electrons. The zero-order valence-corrected chi connectivity index (χ0v) is 10.6. The molecule has 0 saturated carbocycles. The van der Waals surface area contributed by atoms with Crippen molar-refractivity contribution in [2.24, 2.45) is 0 Å². The number of hydrogen-bond donors (Lipinski definition) is 3. The molecule has 0 unspecified atom stereocenters. The molecule has 0 aliphatic heterocycles. The van der Waals surface area contributed by atoms with Crippen LogP contribution >= 0.6 is 11.6 Å². The van der Waals surface area contributed by atoms with Gasteiger partial charge in [0.2, 0.25) is 5.95 Å². The van der Waals surface area contributed by atoms with Gasteiger partial charge in [0, 0.05) is 12.7 Å². The molecular weight excluding hydrogens is 252 g/mol. The first kappa shape index (κ1) is 12.6. The second kappa shape index (κ2) is 5.66. The molecule has 1 aromatic heterocycles. The summed E-state index contributed by atoms with van der Waals surface area (Å²) >= 11 is 6.01. The molecule has 6 heteroatoms. The summed E-state index contributed by atoms with van der Waals surface area (Å²) in [5.41, 5.74) is 1.63. The smallest absolute Gasteiger partial charge is 0.224 e. The van der Waals surface area contributed by atoms with E-state index in [9.17, 15) is 0 Å². The third kappa shape index (κ3) is 2.88. The highest BCUT2D eigenvalue weighted by molar-refractivity contribution is 6.32. The van der Waals surface area contributed by atoms with Crippen molar-refractivity contribution in [2.75, 3.05) is 17.7 Å². The fourth-order valence-corrected chi connectivity index (χ4v) is 1.60. The number of hydrogen-bond acceptors (Lipinski definition) is 5. The fourth-order valence-electron chi connectivity index (χ4n) is 1.46. The van der Waals surface area contributed by atoms with Crippen LogP contribution in [0.2, 0.25) is 5.02 Å². The summed E-state index contributed by atoms with van der Waals surface area (Å²) in [6.45, 7) is -0.00517. The Hall–Kier alpha value is -1.85. The number of aliphatic hydroxyl groups is 1. The molecule has 2 aromatic rings. The Bertz CT molecular complexity index is 547. The van der Waals surface area contributed by atoms with Crippen molar-refractivity contribution in [1.82, 2.24) is 9.97 Å². The molecule has 94 valence electrons. The highest BCUT2D eigenvalue weighted by Crippen LogP contribution is 2.24. The van der Waals surface area contributed by atoms with Crippen LogP contribution < -0.4 is 10.6 Å². The highest BCUT2D eigenvalue weighted by atomic mass is 35.5. The van der Waals surface area contributed by atoms with Gasteiger partial charge >= 0.3 is 0 Å². The van der Waals surface area contributed by atoms with Gasteiger partial charge in [-0.05, 0) is 17.7 Å². The van der Waals surface area contributed by atoms with Crippen molar-refractivity contribution in [3.05, 3.63) is 41.0 Å². The third-order valence-electron chi connectivity index (χ3n) is 2.34. The number of nitrogens with one attached hydrogen (secondary N) is 2. The van der Waals surface area contributed by atoms with E-state index in [4.69, 9.17) is 16.7 Å². The maximum absolute atomic E-state index is 9.08. The summed E-state index contributed by atoms with van der Waals surface area (Å²) in [5.74, 6) is 1.01. The van der Waals surface area contributed by atoms with E-state index >= 15 is 0 Å². The maximum atomic E-state index is 9.08. The van der Waals surface area contributed by atoms with Gasteiger partial charge in [-0.25, -0.2) is 4.98 Å².